The van der Waals surface area contributed by atoms with E-state index in [4.69, 9.17) is 10.2 Å². The van der Waals surface area contributed by atoms with Crippen molar-refractivity contribution in [2.75, 3.05) is 33.2 Å². The van der Waals surface area contributed by atoms with Crippen molar-refractivity contribution in [2.24, 2.45) is 0 Å². The predicted molar refractivity (Wildman–Crippen MR) is 74.6 cm³/mol. The maximum atomic E-state index is 11.8. The Hall–Kier alpha value is -1.34. The van der Waals surface area contributed by atoms with Gasteiger partial charge < -0.3 is 20.4 Å². The molecule has 2 amide bonds. The Balaban J connectivity index is 2.27. The number of carbonyl (C=O) groups is 2. The van der Waals surface area contributed by atoms with Crippen LogP contribution in [-0.4, -0.2) is 77.4 Å². The SMILES string of the molecule is CCN1CCCC1CN(C)C(=O)NCCC(O)C(=O)O. The van der Waals surface area contributed by atoms with Crippen LogP contribution in [-0.2, 0) is 4.79 Å². The lowest BCUT2D eigenvalue weighted by Crippen LogP contribution is -2.45. The van der Waals surface area contributed by atoms with Crippen LogP contribution in [0.5, 0.6) is 0 Å². The second kappa shape index (κ2) is 8.06. The molecule has 7 nitrogen and oxygen atoms in total. The van der Waals surface area contributed by atoms with Crippen molar-refractivity contribution in [2.45, 2.75) is 38.3 Å². The summed E-state index contributed by atoms with van der Waals surface area (Å²) in [5.41, 5.74) is 0. The number of likely N-dealkylation sites (N-methyl/N-ethyl adjacent to an activating group) is 2. The molecule has 1 fully saturated rings. The summed E-state index contributed by atoms with van der Waals surface area (Å²) in [7, 11) is 1.73. The van der Waals surface area contributed by atoms with Gasteiger partial charge in [-0.25, -0.2) is 9.59 Å². The van der Waals surface area contributed by atoms with Crippen LogP contribution in [0, 0.1) is 0 Å². The Bertz CT molecular complexity index is 338. The normalized spacial score (nSPS) is 20.6. The highest BCUT2D eigenvalue weighted by atomic mass is 16.4. The summed E-state index contributed by atoms with van der Waals surface area (Å²) in [6.45, 7) is 5.01. The first-order chi connectivity index (χ1) is 9.45. The molecule has 0 bridgehead atoms. The Kier molecular flexibility index (Phi) is 6.74. The summed E-state index contributed by atoms with van der Waals surface area (Å²) >= 11 is 0. The monoisotopic (exact) mass is 287 g/mol. The molecule has 0 aromatic rings. The molecule has 0 saturated carbocycles. The van der Waals surface area contributed by atoms with Gasteiger partial charge in [-0.2, -0.15) is 0 Å². The van der Waals surface area contributed by atoms with E-state index in [2.05, 4.69) is 17.1 Å². The Morgan fingerprint density at radius 1 is 1.50 bits per heavy atom. The van der Waals surface area contributed by atoms with Crippen LogP contribution in [0.2, 0.25) is 0 Å². The summed E-state index contributed by atoms with van der Waals surface area (Å²) in [4.78, 5) is 26.2. The minimum atomic E-state index is -1.42. The van der Waals surface area contributed by atoms with Gasteiger partial charge in [0.05, 0.1) is 0 Å². The fourth-order valence-corrected chi connectivity index (χ4v) is 2.49. The molecule has 0 radical (unpaired) electrons. The first kappa shape index (κ1) is 16.7. The van der Waals surface area contributed by atoms with Crippen molar-refractivity contribution in [3.63, 3.8) is 0 Å². The van der Waals surface area contributed by atoms with Crippen LogP contribution in [0.3, 0.4) is 0 Å². The Morgan fingerprint density at radius 3 is 2.80 bits per heavy atom. The second-order valence-corrected chi connectivity index (χ2v) is 5.18. The van der Waals surface area contributed by atoms with Gasteiger partial charge in [-0.3, -0.25) is 4.90 Å². The third-order valence-electron chi connectivity index (χ3n) is 3.72. The van der Waals surface area contributed by atoms with Gasteiger partial charge >= 0.3 is 12.0 Å². The number of nitrogens with one attached hydrogen (secondary N) is 1. The number of hydrogen-bond acceptors (Lipinski definition) is 4. The fraction of sp³-hybridized carbons (Fsp3) is 0.846. The first-order valence-electron chi connectivity index (χ1n) is 7.09. The van der Waals surface area contributed by atoms with Crippen LogP contribution in [0.4, 0.5) is 4.79 Å². The zero-order chi connectivity index (χ0) is 15.1. The lowest BCUT2D eigenvalue weighted by atomic mass is 10.2. The number of carbonyl (C=O) groups excluding carboxylic acids is 1. The third kappa shape index (κ3) is 4.97. The van der Waals surface area contributed by atoms with E-state index in [1.54, 1.807) is 11.9 Å². The van der Waals surface area contributed by atoms with E-state index in [-0.39, 0.29) is 19.0 Å². The minimum Gasteiger partial charge on any atom is -0.479 e. The van der Waals surface area contributed by atoms with Gasteiger partial charge in [-0.15, -0.1) is 0 Å². The van der Waals surface area contributed by atoms with E-state index in [1.807, 2.05) is 0 Å². The number of aliphatic carboxylic acids is 1. The molecule has 1 aliphatic rings. The number of aliphatic hydroxyl groups excluding tert-OH is 1. The molecule has 1 saturated heterocycles. The van der Waals surface area contributed by atoms with Crippen LogP contribution in [0.1, 0.15) is 26.2 Å². The van der Waals surface area contributed by atoms with E-state index in [1.165, 1.54) is 6.42 Å². The Morgan fingerprint density at radius 2 is 2.20 bits per heavy atom. The van der Waals surface area contributed by atoms with Gasteiger partial charge in [0, 0.05) is 32.6 Å². The van der Waals surface area contributed by atoms with E-state index in [0.717, 1.165) is 19.5 Å². The van der Waals surface area contributed by atoms with Crippen LogP contribution in [0.15, 0.2) is 0 Å². The third-order valence-corrected chi connectivity index (χ3v) is 3.72. The summed E-state index contributed by atoms with van der Waals surface area (Å²) in [6.07, 6.45) is 0.854. The van der Waals surface area contributed by atoms with E-state index in [9.17, 15) is 9.59 Å². The topological polar surface area (TPSA) is 93.1 Å². The van der Waals surface area contributed by atoms with Gasteiger partial charge in [0.2, 0.25) is 0 Å². The van der Waals surface area contributed by atoms with Crippen molar-refractivity contribution >= 4 is 12.0 Å². The summed E-state index contributed by atoms with van der Waals surface area (Å²) in [5.74, 6) is -1.27. The van der Waals surface area contributed by atoms with Gasteiger partial charge in [-0.1, -0.05) is 6.92 Å². The summed E-state index contributed by atoms with van der Waals surface area (Å²) < 4.78 is 0. The number of likely N-dealkylation sites (tertiary alicyclic amines) is 1. The Labute approximate surface area is 119 Å². The molecule has 7 heteroatoms. The van der Waals surface area contributed by atoms with Gasteiger partial charge in [0.1, 0.15) is 0 Å². The zero-order valence-electron chi connectivity index (χ0n) is 12.2. The van der Waals surface area contributed by atoms with Crippen molar-refractivity contribution < 1.29 is 19.8 Å². The lowest BCUT2D eigenvalue weighted by Gasteiger charge is -2.27. The molecular weight excluding hydrogens is 262 g/mol. The lowest BCUT2D eigenvalue weighted by molar-refractivity contribution is -0.146. The van der Waals surface area contributed by atoms with E-state index < -0.39 is 12.1 Å². The first-order valence-corrected chi connectivity index (χ1v) is 7.09. The molecule has 116 valence electrons. The van der Waals surface area contributed by atoms with Gasteiger partial charge in [0.25, 0.3) is 0 Å². The molecule has 0 aromatic heterocycles. The van der Waals surface area contributed by atoms with Crippen LogP contribution < -0.4 is 5.32 Å². The maximum absolute atomic E-state index is 11.8. The van der Waals surface area contributed by atoms with Crippen LogP contribution in [0.25, 0.3) is 0 Å². The van der Waals surface area contributed by atoms with E-state index >= 15 is 0 Å². The molecule has 0 aromatic carbocycles. The quantitative estimate of drug-likeness (QED) is 0.610. The van der Waals surface area contributed by atoms with Crippen LogP contribution >= 0.6 is 0 Å². The molecule has 1 heterocycles. The number of urea groups is 1. The van der Waals surface area contributed by atoms with Gasteiger partial charge in [-0.05, 0) is 25.9 Å². The van der Waals surface area contributed by atoms with Crippen molar-refractivity contribution in [3.05, 3.63) is 0 Å². The average Bonchev–Trinajstić information content (AvgIpc) is 2.85. The molecule has 20 heavy (non-hydrogen) atoms. The molecule has 2 unspecified atom stereocenters. The highest BCUT2D eigenvalue weighted by molar-refractivity contribution is 5.74. The number of carboxylic acids is 1. The van der Waals surface area contributed by atoms with Gasteiger partial charge in [0.15, 0.2) is 6.10 Å². The number of hydrogen-bond donors (Lipinski definition) is 3. The fourth-order valence-electron chi connectivity index (χ4n) is 2.49. The van der Waals surface area contributed by atoms with Crippen molar-refractivity contribution in [1.29, 1.82) is 0 Å². The highest BCUT2D eigenvalue weighted by Gasteiger charge is 2.25. The summed E-state index contributed by atoms with van der Waals surface area (Å²) in [5, 5.41) is 20.2. The second-order valence-electron chi connectivity index (χ2n) is 5.18. The largest absolute Gasteiger partial charge is 0.479 e. The molecule has 3 N–H and O–H groups in total. The highest BCUT2D eigenvalue weighted by Crippen LogP contribution is 2.17. The number of amides is 2. The molecule has 1 rings (SSSR count). The van der Waals surface area contributed by atoms with Crippen molar-refractivity contribution in [1.82, 2.24) is 15.1 Å². The minimum absolute atomic E-state index is 0.0133. The van der Waals surface area contributed by atoms with E-state index in [0.29, 0.717) is 12.6 Å². The zero-order valence-corrected chi connectivity index (χ0v) is 12.2. The number of aliphatic hydroxyl groups is 1. The van der Waals surface area contributed by atoms with Crippen molar-refractivity contribution in [3.8, 4) is 0 Å². The molecule has 1 aliphatic heterocycles. The average molecular weight is 287 g/mol. The predicted octanol–water partition coefficient (Wildman–Crippen LogP) is -0.0523. The molecule has 2 atom stereocenters. The number of carboxylic acid groups (broad SMARTS) is 1. The summed E-state index contributed by atoms with van der Waals surface area (Å²) in [6, 6.07) is 0.172. The number of rotatable bonds is 7. The smallest absolute Gasteiger partial charge is 0.332 e. The standard InChI is InChI=1S/C13H25N3O4/c1-3-16-8-4-5-10(16)9-15(2)13(20)14-7-6-11(17)12(18)19/h10-11,17H,3-9H2,1-2H3,(H,14,20)(H,18,19). The molecule has 0 aliphatic carbocycles. The number of nitrogens with zero attached hydrogens (tertiary/aromatic N) is 2. The molecular formula is C13H25N3O4. The molecule has 0 spiro atoms. The maximum Gasteiger partial charge on any atom is 0.332 e.